The average Bonchev–Trinajstić information content (AvgIpc) is 3.03. The minimum absolute atomic E-state index is 0.531. The van der Waals surface area contributed by atoms with Gasteiger partial charge >= 0.3 is 0 Å². The van der Waals surface area contributed by atoms with E-state index in [2.05, 4.69) is 5.10 Å². The molecule has 20 heavy (non-hydrogen) atoms. The van der Waals surface area contributed by atoms with Gasteiger partial charge in [0.15, 0.2) is 0 Å². The molecule has 0 saturated heterocycles. The van der Waals surface area contributed by atoms with Crippen molar-refractivity contribution in [3.05, 3.63) is 78.6 Å². The second kappa shape index (κ2) is 5.84. The Labute approximate surface area is 120 Å². The Bertz CT molecular complexity index is 691. The first-order valence-electron chi connectivity index (χ1n) is 6.35. The van der Waals surface area contributed by atoms with E-state index in [4.69, 9.17) is 0 Å². The molecule has 0 aliphatic carbocycles. The van der Waals surface area contributed by atoms with Crippen LogP contribution in [0.25, 0.3) is 5.69 Å². The van der Waals surface area contributed by atoms with Crippen LogP contribution < -0.4 is 0 Å². The van der Waals surface area contributed by atoms with Gasteiger partial charge in [-0.05, 0) is 35.9 Å². The maximum absolute atomic E-state index is 12.2. The lowest BCUT2D eigenvalue weighted by atomic mass is 10.2. The number of benzene rings is 2. The zero-order valence-corrected chi connectivity index (χ0v) is 11.7. The number of hydrogen-bond acceptors (Lipinski definition) is 2. The third-order valence-electron chi connectivity index (χ3n) is 3.01. The molecule has 0 N–H and O–H groups in total. The lowest BCUT2D eigenvalue weighted by Gasteiger charge is -2.05. The van der Waals surface area contributed by atoms with Crippen molar-refractivity contribution in [2.24, 2.45) is 0 Å². The first kappa shape index (κ1) is 12.8. The summed E-state index contributed by atoms with van der Waals surface area (Å²) in [5, 5.41) is 4.18. The van der Waals surface area contributed by atoms with Gasteiger partial charge in [-0.15, -0.1) is 0 Å². The van der Waals surface area contributed by atoms with E-state index < -0.39 is 10.8 Å². The molecular formula is C16H14N2OS. The maximum atomic E-state index is 12.2. The number of rotatable bonds is 4. The molecule has 1 aromatic heterocycles. The maximum Gasteiger partial charge on any atom is 0.0645 e. The molecule has 0 saturated carbocycles. The zero-order valence-electron chi connectivity index (χ0n) is 10.8. The minimum atomic E-state index is -1.00. The predicted molar refractivity (Wildman–Crippen MR) is 80.1 cm³/mol. The van der Waals surface area contributed by atoms with Gasteiger partial charge in [0.1, 0.15) is 0 Å². The van der Waals surface area contributed by atoms with E-state index in [1.165, 1.54) is 0 Å². The molecule has 0 aliphatic heterocycles. The molecule has 1 atom stereocenters. The minimum Gasteiger partial charge on any atom is -0.254 e. The first-order chi connectivity index (χ1) is 9.83. The van der Waals surface area contributed by atoms with Crippen molar-refractivity contribution in [3.63, 3.8) is 0 Å². The molecule has 2 aromatic carbocycles. The summed E-state index contributed by atoms with van der Waals surface area (Å²) in [7, 11) is -1.00. The van der Waals surface area contributed by atoms with Crippen LogP contribution in [-0.4, -0.2) is 14.0 Å². The summed E-state index contributed by atoms with van der Waals surface area (Å²) in [5.74, 6) is 0.531. The zero-order chi connectivity index (χ0) is 13.8. The second-order valence-electron chi connectivity index (χ2n) is 4.42. The summed E-state index contributed by atoms with van der Waals surface area (Å²) in [5.41, 5.74) is 2.06. The number of aromatic nitrogens is 2. The van der Waals surface area contributed by atoms with Crippen molar-refractivity contribution >= 4 is 10.8 Å². The van der Waals surface area contributed by atoms with Crippen LogP contribution in [0, 0.1) is 0 Å². The van der Waals surface area contributed by atoms with Gasteiger partial charge in [-0.2, -0.15) is 5.10 Å². The summed E-state index contributed by atoms with van der Waals surface area (Å²) in [6, 6.07) is 19.4. The molecule has 0 bridgehead atoms. The fraction of sp³-hybridized carbons (Fsp3) is 0.0625. The highest BCUT2D eigenvalue weighted by Gasteiger charge is 2.05. The molecule has 0 aliphatic rings. The van der Waals surface area contributed by atoms with Crippen molar-refractivity contribution in [2.45, 2.75) is 10.6 Å². The molecule has 0 unspecified atom stereocenters. The van der Waals surface area contributed by atoms with Crippen molar-refractivity contribution in [1.29, 1.82) is 0 Å². The molecular weight excluding hydrogens is 268 g/mol. The van der Waals surface area contributed by atoms with Crippen LogP contribution in [0.5, 0.6) is 0 Å². The van der Waals surface area contributed by atoms with E-state index in [-0.39, 0.29) is 0 Å². The topological polar surface area (TPSA) is 34.9 Å². The Kier molecular flexibility index (Phi) is 3.74. The van der Waals surface area contributed by atoms with Crippen molar-refractivity contribution < 1.29 is 4.21 Å². The standard InChI is InChI=1S/C16H14N2OS/c19-20(16-5-2-1-3-6-16)13-14-7-9-15(10-8-14)18-12-4-11-17-18/h1-12H,13H2/t20-/m1/s1. The molecule has 0 radical (unpaired) electrons. The van der Waals surface area contributed by atoms with Gasteiger partial charge in [0, 0.05) is 17.3 Å². The monoisotopic (exact) mass is 282 g/mol. The molecule has 0 fully saturated rings. The Morgan fingerprint density at radius 3 is 2.35 bits per heavy atom. The van der Waals surface area contributed by atoms with Crippen LogP contribution in [0.3, 0.4) is 0 Å². The van der Waals surface area contributed by atoms with Crippen molar-refractivity contribution in [2.75, 3.05) is 0 Å². The number of hydrogen-bond donors (Lipinski definition) is 0. The highest BCUT2D eigenvalue weighted by molar-refractivity contribution is 7.84. The Morgan fingerprint density at radius 2 is 1.70 bits per heavy atom. The molecule has 3 aromatic rings. The fourth-order valence-corrected chi connectivity index (χ4v) is 3.10. The van der Waals surface area contributed by atoms with Crippen molar-refractivity contribution in [1.82, 2.24) is 9.78 Å². The van der Waals surface area contributed by atoms with E-state index in [1.54, 1.807) is 10.9 Å². The van der Waals surface area contributed by atoms with E-state index in [9.17, 15) is 4.21 Å². The van der Waals surface area contributed by atoms with Crippen LogP contribution >= 0.6 is 0 Å². The Hall–Kier alpha value is -2.20. The van der Waals surface area contributed by atoms with Crippen LogP contribution in [0.2, 0.25) is 0 Å². The van der Waals surface area contributed by atoms with Gasteiger partial charge in [-0.3, -0.25) is 4.21 Å². The van der Waals surface area contributed by atoms with Gasteiger partial charge < -0.3 is 0 Å². The van der Waals surface area contributed by atoms with Gasteiger partial charge in [0.2, 0.25) is 0 Å². The second-order valence-corrected chi connectivity index (χ2v) is 5.87. The summed E-state index contributed by atoms with van der Waals surface area (Å²) < 4.78 is 14.0. The van der Waals surface area contributed by atoms with E-state index in [0.717, 1.165) is 16.1 Å². The molecule has 100 valence electrons. The van der Waals surface area contributed by atoms with Crippen LogP contribution in [-0.2, 0) is 16.6 Å². The largest absolute Gasteiger partial charge is 0.254 e. The third kappa shape index (κ3) is 2.86. The van der Waals surface area contributed by atoms with Crippen LogP contribution in [0.15, 0.2) is 78.0 Å². The van der Waals surface area contributed by atoms with E-state index in [1.807, 2.05) is 66.9 Å². The SMILES string of the molecule is O=[S@](Cc1ccc(-n2cccn2)cc1)c1ccccc1. The third-order valence-corrected chi connectivity index (χ3v) is 4.40. The van der Waals surface area contributed by atoms with E-state index in [0.29, 0.717) is 5.75 Å². The van der Waals surface area contributed by atoms with E-state index >= 15 is 0 Å². The fourth-order valence-electron chi connectivity index (χ4n) is 1.97. The summed E-state index contributed by atoms with van der Waals surface area (Å²) >= 11 is 0. The normalized spacial score (nSPS) is 12.2. The van der Waals surface area contributed by atoms with Gasteiger partial charge in [0.25, 0.3) is 0 Å². The van der Waals surface area contributed by atoms with Gasteiger partial charge in [0.05, 0.1) is 22.2 Å². The molecule has 0 amide bonds. The quantitative estimate of drug-likeness (QED) is 0.736. The predicted octanol–water partition coefficient (Wildman–Crippen LogP) is 3.18. The summed E-state index contributed by atoms with van der Waals surface area (Å²) in [6.07, 6.45) is 3.65. The highest BCUT2D eigenvalue weighted by atomic mass is 32.2. The van der Waals surface area contributed by atoms with Gasteiger partial charge in [-0.25, -0.2) is 4.68 Å². The average molecular weight is 282 g/mol. The smallest absolute Gasteiger partial charge is 0.0645 e. The molecule has 3 nitrogen and oxygen atoms in total. The van der Waals surface area contributed by atoms with Crippen LogP contribution in [0.4, 0.5) is 0 Å². The lowest BCUT2D eigenvalue weighted by Crippen LogP contribution is -1.98. The van der Waals surface area contributed by atoms with Crippen molar-refractivity contribution in [3.8, 4) is 5.69 Å². The molecule has 3 rings (SSSR count). The summed E-state index contributed by atoms with van der Waals surface area (Å²) in [4.78, 5) is 0.864. The van der Waals surface area contributed by atoms with Crippen LogP contribution in [0.1, 0.15) is 5.56 Å². The first-order valence-corrected chi connectivity index (χ1v) is 7.67. The Morgan fingerprint density at radius 1 is 0.950 bits per heavy atom. The highest BCUT2D eigenvalue weighted by Crippen LogP contribution is 2.14. The van der Waals surface area contributed by atoms with Gasteiger partial charge in [-0.1, -0.05) is 30.3 Å². The summed E-state index contributed by atoms with van der Waals surface area (Å²) in [6.45, 7) is 0. The Balaban J connectivity index is 1.74. The number of nitrogens with zero attached hydrogens (tertiary/aromatic N) is 2. The molecule has 4 heteroatoms. The lowest BCUT2D eigenvalue weighted by molar-refractivity contribution is 0.682. The molecule has 0 spiro atoms. The molecule has 1 heterocycles.